The van der Waals surface area contributed by atoms with Crippen molar-refractivity contribution in [3.8, 4) is 0 Å². The summed E-state index contributed by atoms with van der Waals surface area (Å²) in [7, 11) is 0. The van der Waals surface area contributed by atoms with Crippen LogP contribution >= 0.6 is 0 Å². The largest absolute Gasteiger partial charge is 0.286 e. The van der Waals surface area contributed by atoms with E-state index in [1.54, 1.807) is 0 Å². The van der Waals surface area contributed by atoms with Crippen LogP contribution in [-0.4, -0.2) is 4.48 Å². The lowest BCUT2D eigenvalue weighted by Gasteiger charge is -2.36. The summed E-state index contributed by atoms with van der Waals surface area (Å²) in [5.41, 5.74) is 4.20. The Morgan fingerprint density at radius 1 is 0.415 bits per heavy atom. The lowest BCUT2D eigenvalue weighted by Crippen LogP contribution is -2.40. The Kier molecular flexibility index (Phi) is 16.9. The first-order chi connectivity index (χ1) is 20.3. The van der Waals surface area contributed by atoms with E-state index in [1.165, 1.54) is 119 Å². The van der Waals surface area contributed by atoms with E-state index in [-0.39, 0.29) is 0 Å². The molecule has 0 saturated carbocycles. The predicted octanol–water partition coefficient (Wildman–Crippen LogP) is 12.2. The summed E-state index contributed by atoms with van der Waals surface area (Å²) in [6.07, 6.45) is 27.5. The van der Waals surface area contributed by atoms with Crippen molar-refractivity contribution in [3.63, 3.8) is 0 Å². The topological polar surface area (TPSA) is 0 Å². The van der Waals surface area contributed by atoms with Crippen LogP contribution in [0.2, 0.25) is 0 Å². The van der Waals surface area contributed by atoms with Gasteiger partial charge in [0.25, 0.3) is 0 Å². The molecule has 0 aromatic heterocycles. The zero-order valence-corrected chi connectivity index (χ0v) is 26.2. The number of allylic oxidation sites excluding steroid dienone is 1. The quantitative estimate of drug-likeness (QED) is 0.0810. The van der Waals surface area contributed by atoms with Crippen LogP contribution in [0, 0.1) is 0 Å². The van der Waals surface area contributed by atoms with Crippen LogP contribution in [0.25, 0.3) is 0 Å². The molecule has 0 bridgehead atoms. The van der Waals surface area contributed by atoms with Gasteiger partial charge in [0.1, 0.15) is 19.6 Å². The smallest absolute Gasteiger partial charge is 0.109 e. The molecule has 0 unspecified atom stereocenters. The van der Waals surface area contributed by atoms with E-state index < -0.39 is 0 Å². The molecule has 1 nitrogen and oxygen atoms in total. The molecule has 0 heterocycles. The van der Waals surface area contributed by atoms with Gasteiger partial charge in [-0.1, -0.05) is 188 Å². The van der Waals surface area contributed by atoms with E-state index in [9.17, 15) is 0 Å². The second-order valence-corrected chi connectivity index (χ2v) is 12.3. The molecule has 0 spiro atoms. The van der Waals surface area contributed by atoms with E-state index in [2.05, 4.69) is 110 Å². The molecule has 0 saturated heterocycles. The average Bonchev–Trinajstić information content (AvgIpc) is 3.00. The fraction of sp³-hybridized carbons (Fsp3) is 0.500. The molecule has 0 amide bonds. The molecule has 0 N–H and O–H groups in total. The lowest BCUT2D eigenvalue weighted by molar-refractivity contribution is -0.919. The van der Waals surface area contributed by atoms with Gasteiger partial charge in [-0.2, -0.15) is 0 Å². The van der Waals surface area contributed by atoms with Crippen LogP contribution in [0.15, 0.2) is 103 Å². The molecule has 3 aromatic carbocycles. The van der Waals surface area contributed by atoms with Gasteiger partial charge in [-0.25, -0.2) is 0 Å². The SMILES string of the molecule is CCCCCCCCCCCCCCCCC/C=C/[N+](Cc1ccccc1)(Cc1ccccc1)Cc1ccccc1. The van der Waals surface area contributed by atoms with Gasteiger partial charge in [-0.05, 0) is 18.9 Å². The molecular weight excluding hydrogens is 494 g/mol. The first-order valence-corrected chi connectivity index (χ1v) is 16.9. The van der Waals surface area contributed by atoms with Crippen LogP contribution < -0.4 is 0 Å². The minimum absolute atomic E-state index is 0.913. The third-order valence-corrected chi connectivity index (χ3v) is 8.42. The van der Waals surface area contributed by atoms with Crippen LogP contribution in [0.1, 0.15) is 126 Å². The van der Waals surface area contributed by atoms with Crippen molar-refractivity contribution in [3.05, 3.63) is 120 Å². The van der Waals surface area contributed by atoms with Crippen molar-refractivity contribution in [1.29, 1.82) is 0 Å². The summed E-state index contributed by atoms with van der Waals surface area (Å²) in [4.78, 5) is 0. The molecule has 0 atom stereocenters. The zero-order valence-electron chi connectivity index (χ0n) is 26.2. The summed E-state index contributed by atoms with van der Waals surface area (Å²) in [5.74, 6) is 0. The molecule has 0 radical (unpaired) electrons. The highest BCUT2D eigenvalue weighted by molar-refractivity contribution is 5.18. The van der Waals surface area contributed by atoms with Crippen molar-refractivity contribution >= 4 is 0 Å². The number of benzene rings is 3. The maximum absolute atomic E-state index is 2.52. The van der Waals surface area contributed by atoms with Gasteiger partial charge < -0.3 is 0 Å². The fourth-order valence-corrected chi connectivity index (χ4v) is 6.10. The molecule has 0 aliphatic heterocycles. The first kappa shape index (κ1) is 32.9. The van der Waals surface area contributed by atoms with Crippen LogP contribution in [-0.2, 0) is 19.6 Å². The van der Waals surface area contributed by atoms with Gasteiger partial charge in [0, 0.05) is 16.7 Å². The number of hydrogen-bond acceptors (Lipinski definition) is 0. The van der Waals surface area contributed by atoms with Crippen molar-refractivity contribution in [2.45, 2.75) is 129 Å². The Morgan fingerprint density at radius 3 is 1.07 bits per heavy atom. The third-order valence-electron chi connectivity index (χ3n) is 8.42. The maximum Gasteiger partial charge on any atom is 0.109 e. The summed E-state index contributed by atoms with van der Waals surface area (Å²) >= 11 is 0. The van der Waals surface area contributed by atoms with E-state index in [1.807, 2.05) is 0 Å². The number of hydrogen-bond donors (Lipinski definition) is 0. The number of rotatable bonds is 23. The molecule has 0 aliphatic carbocycles. The molecule has 0 aliphatic rings. The van der Waals surface area contributed by atoms with E-state index in [0.29, 0.717) is 0 Å². The Bertz CT molecular complexity index is 923. The first-order valence-electron chi connectivity index (χ1n) is 16.9. The second-order valence-electron chi connectivity index (χ2n) is 12.3. The van der Waals surface area contributed by atoms with E-state index in [4.69, 9.17) is 0 Å². The van der Waals surface area contributed by atoms with Gasteiger partial charge in [-0.15, -0.1) is 0 Å². The second kappa shape index (κ2) is 21.1. The summed E-state index contributed by atoms with van der Waals surface area (Å²) in [6, 6.07) is 33.1. The van der Waals surface area contributed by atoms with E-state index >= 15 is 0 Å². The van der Waals surface area contributed by atoms with Crippen molar-refractivity contribution in [2.24, 2.45) is 0 Å². The Balaban J connectivity index is 1.43. The summed E-state index contributed by atoms with van der Waals surface area (Å²) < 4.78 is 0.913. The summed E-state index contributed by atoms with van der Waals surface area (Å²) in [6.45, 7) is 5.30. The minimum atomic E-state index is 0.913. The molecule has 3 aromatic rings. The highest BCUT2D eigenvalue weighted by Gasteiger charge is 2.26. The van der Waals surface area contributed by atoms with Crippen molar-refractivity contribution in [1.82, 2.24) is 0 Å². The molecule has 222 valence electrons. The van der Waals surface area contributed by atoms with Gasteiger partial charge in [0.05, 0.1) is 6.20 Å². The Morgan fingerprint density at radius 2 is 0.732 bits per heavy atom. The third kappa shape index (κ3) is 14.7. The van der Waals surface area contributed by atoms with Crippen molar-refractivity contribution in [2.75, 3.05) is 0 Å². The lowest BCUT2D eigenvalue weighted by atomic mass is 10.0. The van der Waals surface area contributed by atoms with Gasteiger partial charge in [0.15, 0.2) is 0 Å². The standard InChI is InChI=1S/C40H58N/c1-2-3-4-5-6-7-8-9-10-11-12-13-14-15-16-17-27-34-41(35-38-28-21-18-22-29-38,36-39-30-23-19-24-31-39)37-40-32-25-20-26-33-40/h18-34H,2-17,35-37H2,1H3/q+1/b34-27+. The monoisotopic (exact) mass is 552 g/mol. The molecule has 3 rings (SSSR count). The number of quaternary nitrogens is 1. The highest BCUT2D eigenvalue weighted by atomic mass is 15.3. The average molecular weight is 553 g/mol. The van der Waals surface area contributed by atoms with E-state index in [0.717, 1.165) is 24.1 Å². The maximum atomic E-state index is 2.52. The minimum Gasteiger partial charge on any atom is -0.286 e. The number of nitrogens with zero attached hydrogens (tertiary/aromatic N) is 1. The molecule has 41 heavy (non-hydrogen) atoms. The molecular formula is C40H58N+. The predicted molar refractivity (Wildman–Crippen MR) is 179 cm³/mol. The van der Waals surface area contributed by atoms with Gasteiger partial charge in [0.2, 0.25) is 0 Å². The normalized spacial score (nSPS) is 11.8. The van der Waals surface area contributed by atoms with Crippen LogP contribution in [0.3, 0.4) is 0 Å². The Hall–Kier alpha value is -2.64. The van der Waals surface area contributed by atoms with Crippen molar-refractivity contribution < 1.29 is 4.48 Å². The molecule has 1 heteroatoms. The van der Waals surface area contributed by atoms with Gasteiger partial charge in [-0.3, -0.25) is 4.48 Å². The van der Waals surface area contributed by atoms with Crippen LogP contribution in [0.4, 0.5) is 0 Å². The highest BCUT2D eigenvalue weighted by Crippen LogP contribution is 2.26. The van der Waals surface area contributed by atoms with Crippen LogP contribution in [0.5, 0.6) is 0 Å². The van der Waals surface area contributed by atoms with Gasteiger partial charge >= 0.3 is 0 Å². The number of unbranched alkanes of at least 4 members (excludes halogenated alkanes) is 15. The summed E-state index contributed by atoms with van der Waals surface area (Å²) in [5, 5.41) is 0. The Labute approximate surface area is 253 Å². The molecule has 0 fully saturated rings. The fourth-order valence-electron chi connectivity index (χ4n) is 6.10. The zero-order chi connectivity index (χ0) is 28.7.